The van der Waals surface area contributed by atoms with Crippen LogP contribution in [0.1, 0.15) is 19.8 Å². The van der Waals surface area contributed by atoms with Gasteiger partial charge in [-0.2, -0.15) is 0 Å². The Bertz CT molecular complexity index is 476. The second kappa shape index (κ2) is 6.69. The van der Waals surface area contributed by atoms with Crippen LogP contribution >= 0.6 is 0 Å². The first-order valence-electron chi connectivity index (χ1n) is 5.94. The molecule has 1 atom stereocenters. The zero-order valence-corrected chi connectivity index (χ0v) is 10.6. The molecule has 1 unspecified atom stereocenters. The number of benzene rings is 1. The summed E-state index contributed by atoms with van der Waals surface area (Å²) in [6, 6.07) is 3.53. The van der Waals surface area contributed by atoms with Gasteiger partial charge in [-0.15, -0.1) is 0 Å². The molecule has 0 aliphatic heterocycles. The van der Waals surface area contributed by atoms with Gasteiger partial charge in [0, 0.05) is 12.0 Å². The molecule has 7 heteroatoms. The van der Waals surface area contributed by atoms with Crippen LogP contribution in [0.15, 0.2) is 18.2 Å². The van der Waals surface area contributed by atoms with E-state index in [1.807, 2.05) is 0 Å². The summed E-state index contributed by atoms with van der Waals surface area (Å²) in [6.45, 7) is 2.27. The number of hydrogen-bond acceptors (Lipinski definition) is 5. The topological polar surface area (TPSA) is 118 Å². The van der Waals surface area contributed by atoms with Crippen molar-refractivity contribution in [1.82, 2.24) is 0 Å². The minimum atomic E-state index is -0.616. The van der Waals surface area contributed by atoms with Gasteiger partial charge >= 0.3 is 0 Å². The number of nitrogens with two attached hydrogens (primary N) is 1. The zero-order valence-electron chi connectivity index (χ0n) is 10.6. The summed E-state index contributed by atoms with van der Waals surface area (Å²) >= 11 is 0. The normalized spacial score (nSPS) is 11.9. The van der Waals surface area contributed by atoms with Crippen LogP contribution in [-0.4, -0.2) is 22.5 Å². The van der Waals surface area contributed by atoms with Crippen LogP contribution in [0.3, 0.4) is 0 Å². The number of nitrogens with zero attached hydrogens (tertiary/aromatic N) is 1. The van der Waals surface area contributed by atoms with Gasteiger partial charge < -0.3 is 16.2 Å². The molecule has 4 N–H and O–H groups in total. The van der Waals surface area contributed by atoms with E-state index in [9.17, 15) is 20.0 Å². The van der Waals surface area contributed by atoms with E-state index in [0.717, 1.165) is 12.5 Å². The number of anilines is 1. The van der Waals surface area contributed by atoms with Crippen LogP contribution in [0, 0.1) is 16.0 Å². The van der Waals surface area contributed by atoms with E-state index in [2.05, 4.69) is 5.32 Å². The van der Waals surface area contributed by atoms with Crippen molar-refractivity contribution >= 4 is 17.3 Å². The Kier molecular flexibility index (Phi) is 5.25. The summed E-state index contributed by atoms with van der Waals surface area (Å²) in [5.41, 5.74) is 5.30. The molecular formula is C12H17N3O4. The van der Waals surface area contributed by atoms with Crippen molar-refractivity contribution in [2.24, 2.45) is 11.7 Å². The Morgan fingerprint density at radius 1 is 1.58 bits per heavy atom. The highest BCUT2D eigenvalue weighted by Gasteiger charge is 2.16. The third-order valence-electron chi connectivity index (χ3n) is 2.74. The SMILES string of the molecule is CC(CCCN)C(=O)Nc1ccc([N+](=O)[O-])cc1O. The number of carbonyl (C=O) groups is 1. The molecule has 1 aromatic carbocycles. The lowest BCUT2D eigenvalue weighted by Gasteiger charge is -2.12. The number of nitrogens with one attached hydrogen (secondary N) is 1. The lowest BCUT2D eigenvalue weighted by molar-refractivity contribution is -0.384. The fraction of sp³-hybridized carbons (Fsp3) is 0.417. The minimum absolute atomic E-state index is 0.162. The second-order valence-corrected chi connectivity index (χ2v) is 4.28. The predicted octanol–water partition coefficient (Wildman–Crippen LogP) is 1.61. The summed E-state index contributed by atoms with van der Waals surface area (Å²) in [5, 5.41) is 22.6. The predicted molar refractivity (Wildman–Crippen MR) is 70.8 cm³/mol. The molecule has 0 heterocycles. The maximum Gasteiger partial charge on any atom is 0.273 e. The number of carbonyl (C=O) groups excluding carboxylic acids is 1. The number of rotatable bonds is 6. The quantitative estimate of drug-likeness (QED) is 0.411. The van der Waals surface area contributed by atoms with Crippen molar-refractivity contribution in [2.75, 3.05) is 11.9 Å². The van der Waals surface area contributed by atoms with E-state index in [1.165, 1.54) is 12.1 Å². The number of amides is 1. The summed E-state index contributed by atoms with van der Waals surface area (Å²) in [6.07, 6.45) is 1.39. The highest BCUT2D eigenvalue weighted by Crippen LogP contribution is 2.28. The van der Waals surface area contributed by atoms with Crippen molar-refractivity contribution in [2.45, 2.75) is 19.8 Å². The van der Waals surface area contributed by atoms with Crippen molar-refractivity contribution in [3.63, 3.8) is 0 Å². The minimum Gasteiger partial charge on any atom is -0.506 e. The van der Waals surface area contributed by atoms with Gasteiger partial charge in [0.2, 0.25) is 5.91 Å². The molecule has 0 aliphatic carbocycles. The molecule has 0 aromatic heterocycles. The van der Waals surface area contributed by atoms with E-state index >= 15 is 0 Å². The standard InChI is InChI=1S/C12H17N3O4/c1-8(3-2-6-13)12(17)14-10-5-4-9(15(18)19)7-11(10)16/h4-5,7-8,16H,2-3,6,13H2,1H3,(H,14,17). The van der Waals surface area contributed by atoms with Gasteiger partial charge in [-0.3, -0.25) is 14.9 Å². The first-order chi connectivity index (χ1) is 8.95. The van der Waals surface area contributed by atoms with Crippen molar-refractivity contribution in [1.29, 1.82) is 0 Å². The largest absolute Gasteiger partial charge is 0.506 e. The third-order valence-corrected chi connectivity index (χ3v) is 2.74. The number of aromatic hydroxyl groups is 1. The summed E-state index contributed by atoms with van der Waals surface area (Å²) in [5.74, 6) is -0.815. The second-order valence-electron chi connectivity index (χ2n) is 4.28. The number of non-ortho nitro benzene ring substituents is 1. The van der Waals surface area contributed by atoms with Crippen LogP contribution in [0.5, 0.6) is 5.75 Å². The van der Waals surface area contributed by atoms with Crippen LogP contribution in [0.25, 0.3) is 0 Å². The van der Waals surface area contributed by atoms with E-state index < -0.39 is 4.92 Å². The fourth-order valence-electron chi connectivity index (χ4n) is 1.55. The van der Waals surface area contributed by atoms with E-state index in [1.54, 1.807) is 6.92 Å². The van der Waals surface area contributed by atoms with E-state index in [4.69, 9.17) is 5.73 Å². The van der Waals surface area contributed by atoms with Crippen molar-refractivity contribution in [3.05, 3.63) is 28.3 Å². The van der Waals surface area contributed by atoms with Gasteiger partial charge in [0.25, 0.3) is 5.69 Å². The van der Waals surface area contributed by atoms with Crippen molar-refractivity contribution in [3.8, 4) is 5.75 Å². The highest BCUT2D eigenvalue weighted by molar-refractivity contribution is 5.93. The summed E-state index contributed by atoms with van der Waals surface area (Å²) in [7, 11) is 0. The lowest BCUT2D eigenvalue weighted by Crippen LogP contribution is -2.21. The smallest absolute Gasteiger partial charge is 0.273 e. The van der Waals surface area contributed by atoms with Crippen LogP contribution in [0.2, 0.25) is 0 Å². The van der Waals surface area contributed by atoms with Gasteiger partial charge in [0.15, 0.2) is 0 Å². The number of nitro groups is 1. The highest BCUT2D eigenvalue weighted by atomic mass is 16.6. The molecular weight excluding hydrogens is 250 g/mol. The fourth-order valence-corrected chi connectivity index (χ4v) is 1.55. The molecule has 1 rings (SSSR count). The first-order valence-corrected chi connectivity index (χ1v) is 5.94. The van der Waals surface area contributed by atoms with Gasteiger partial charge in [0.05, 0.1) is 16.7 Å². The molecule has 0 spiro atoms. The monoisotopic (exact) mass is 267 g/mol. The third kappa shape index (κ3) is 4.22. The molecule has 7 nitrogen and oxygen atoms in total. The maximum atomic E-state index is 11.8. The number of hydrogen-bond donors (Lipinski definition) is 3. The average molecular weight is 267 g/mol. The van der Waals surface area contributed by atoms with Crippen molar-refractivity contribution < 1.29 is 14.8 Å². The lowest BCUT2D eigenvalue weighted by atomic mass is 10.0. The molecule has 0 radical (unpaired) electrons. The molecule has 19 heavy (non-hydrogen) atoms. The maximum absolute atomic E-state index is 11.8. The van der Waals surface area contributed by atoms with Crippen LogP contribution in [0.4, 0.5) is 11.4 Å². The number of phenolic OH excluding ortho intramolecular Hbond substituents is 1. The van der Waals surface area contributed by atoms with Crippen LogP contribution in [-0.2, 0) is 4.79 Å². The van der Waals surface area contributed by atoms with E-state index in [-0.39, 0.29) is 28.9 Å². The molecule has 104 valence electrons. The molecule has 1 aromatic rings. The van der Waals surface area contributed by atoms with Gasteiger partial charge in [-0.25, -0.2) is 0 Å². The van der Waals surface area contributed by atoms with Gasteiger partial charge in [-0.1, -0.05) is 6.92 Å². The summed E-state index contributed by atoms with van der Waals surface area (Å²) in [4.78, 5) is 21.7. The van der Waals surface area contributed by atoms with Gasteiger partial charge in [0.1, 0.15) is 5.75 Å². The Morgan fingerprint density at radius 3 is 2.79 bits per heavy atom. The molecule has 1 amide bonds. The summed E-state index contributed by atoms with van der Waals surface area (Å²) < 4.78 is 0. The Labute approximate surface area is 110 Å². The zero-order chi connectivity index (χ0) is 14.4. The Hall–Kier alpha value is -2.15. The van der Waals surface area contributed by atoms with Crippen LogP contribution < -0.4 is 11.1 Å². The molecule has 0 saturated heterocycles. The molecule has 0 saturated carbocycles. The molecule has 0 fully saturated rings. The molecule has 0 aliphatic rings. The Balaban J connectivity index is 2.72. The average Bonchev–Trinajstić information content (AvgIpc) is 2.37. The number of nitro benzene ring substituents is 1. The first kappa shape index (κ1) is 14.9. The molecule has 0 bridgehead atoms. The van der Waals surface area contributed by atoms with E-state index in [0.29, 0.717) is 13.0 Å². The number of phenols is 1. The Morgan fingerprint density at radius 2 is 2.26 bits per heavy atom. The van der Waals surface area contributed by atoms with Gasteiger partial charge in [-0.05, 0) is 25.5 Å².